The van der Waals surface area contributed by atoms with Gasteiger partial charge >= 0.3 is 0 Å². The molecule has 2 aromatic carbocycles. The first kappa shape index (κ1) is 19.6. The van der Waals surface area contributed by atoms with Crippen LogP contribution < -0.4 is 10.1 Å². The Hall–Kier alpha value is -1.71. The van der Waals surface area contributed by atoms with Gasteiger partial charge in [-0.2, -0.15) is 0 Å². The summed E-state index contributed by atoms with van der Waals surface area (Å²) in [6.07, 6.45) is 0. The van der Waals surface area contributed by atoms with E-state index in [0.29, 0.717) is 27.6 Å². The molecule has 0 aliphatic carbocycles. The lowest BCUT2D eigenvalue weighted by Gasteiger charge is -2.20. The molecule has 25 heavy (non-hydrogen) atoms. The maximum Gasteiger partial charge on any atom is 0.262 e. The third-order valence-electron chi connectivity index (χ3n) is 3.89. The van der Waals surface area contributed by atoms with Crippen molar-refractivity contribution in [1.82, 2.24) is 0 Å². The van der Waals surface area contributed by atoms with Crippen molar-refractivity contribution in [2.45, 2.75) is 39.5 Å². The Morgan fingerprint density at radius 3 is 2.20 bits per heavy atom. The van der Waals surface area contributed by atoms with Crippen LogP contribution in [0, 0.1) is 0 Å². The van der Waals surface area contributed by atoms with E-state index in [1.54, 1.807) is 18.2 Å². The van der Waals surface area contributed by atoms with E-state index >= 15 is 0 Å². The summed E-state index contributed by atoms with van der Waals surface area (Å²) in [5.74, 6) is 0.770. The van der Waals surface area contributed by atoms with E-state index in [-0.39, 0.29) is 12.5 Å². The van der Waals surface area contributed by atoms with Crippen LogP contribution in [-0.4, -0.2) is 12.5 Å². The van der Waals surface area contributed by atoms with Gasteiger partial charge in [0.15, 0.2) is 6.61 Å². The molecule has 0 unspecified atom stereocenters. The second-order valence-electron chi connectivity index (χ2n) is 6.53. The van der Waals surface area contributed by atoms with E-state index in [1.807, 2.05) is 18.2 Å². The van der Waals surface area contributed by atoms with Crippen LogP contribution in [0.2, 0.25) is 10.0 Å². The van der Waals surface area contributed by atoms with Crippen LogP contribution in [0.4, 0.5) is 5.69 Å². The van der Waals surface area contributed by atoms with Gasteiger partial charge < -0.3 is 10.1 Å². The zero-order valence-electron chi connectivity index (χ0n) is 14.9. The van der Waals surface area contributed by atoms with Crippen molar-refractivity contribution < 1.29 is 9.53 Å². The number of hydrogen-bond donors (Lipinski definition) is 1. The van der Waals surface area contributed by atoms with Crippen LogP contribution in [0.25, 0.3) is 0 Å². The molecule has 2 rings (SSSR count). The first-order valence-corrected chi connectivity index (χ1v) is 9.05. The Bertz CT molecular complexity index is 731. The van der Waals surface area contributed by atoms with Gasteiger partial charge in [-0.1, -0.05) is 69.1 Å². The number of carbonyl (C=O) groups is 1. The predicted molar refractivity (Wildman–Crippen MR) is 105 cm³/mol. The minimum atomic E-state index is -0.231. The molecular weight excluding hydrogens is 357 g/mol. The molecule has 0 radical (unpaired) electrons. The zero-order valence-corrected chi connectivity index (χ0v) is 16.4. The van der Waals surface area contributed by atoms with Crippen molar-refractivity contribution in [1.29, 1.82) is 0 Å². The summed E-state index contributed by atoms with van der Waals surface area (Å²) in [4.78, 5) is 12.4. The first-order chi connectivity index (χ1) is 11.8. The van der Waals surface area contributed by atoms with Gasteiger partial charge in [0.25, 0.3) is 5.91 Å². The number of halogens is 2. The van der Waals surface area contributed by atoms with E-state index in [0.717, 1.165) is 16.8 Å². The Morgan fingerprint density at radius 1 is 1.04 bits per heavy atom. The number of anilines is 1. The molecule has 0 fully saturated rings. The smallest absolute Gasteiger partial charge is 0.262 e. The number of para-hydroxylation sites is 1. The minimum absolute atomic E-state index is 0.135. The monoisotopic (exact) mass is 379 g/mol. The van der Waals surface area contributed by atoms with Crippen LogP contribution in [-0.2, 0) is 4.79 Å². The lowest BCUT2D eigenvalue weighted by molar-refractivity contribution is -0.118. The summed E-state index contributed by atoms with van der Waals surface area (Å²) in [7, 11) is 0. The highest BCUT2D eigenvalue weighted by Crippen LogP contribution is 2.32. The van der Waals surface area contributed by atoms with Gasteiger partial charge in [-0.25, -0.2) is 0 Å². The van der Waals surface area contributed by atoms with E-state index < -0.39 is 0 Å². The van der Waals surface area contributed by atoms with E-state index in [2.05, 4.69) is 33.0 Å². The zero-order chi connectivity index (χ0) is 18.6. The largest absolute Gasteiger partial charge is 0.482 e. The Balaban J connectivity index is 2.16. The topological polar surface area (TPSA) is 38.3 Å². The number of carbonyl (C=O) groups excluding carboxylic acids is 1. The maximum absolute atomic E-state index is 12.4. The molecule has 0 spiro atoms. The normalized spacial score (nSPS) is 11.0. The van der Waals surface area contributed by atoms with Crippen molar-refractivity contribution in [3.05, 3.63) is 57.6 Å². The standard InChI is InChI=1S/C20H23Cl2NO2/c1-12(2)15-6-5-7-16(13(3)4)20(15)23-19(24)11-25-18-10-14(21)8-9-17(18)22/h5-10,12-13H,11H2,1-4H3,(H,23,24). The quantitative estimate of drug-likeness (QED) is 0.643. The second kappa shape index (κ2) is 8.59. The summed E-state index contributed by atoms with van der Waals surface area (Å²) in [5, 5.41) is 3.93. The molecule has 134 valence electrons. The molecular formula is C20H23Cl2NO2. The number of ether oxygens (including phenoxy) is 1. The van der Waals surface area contributed by atoms with Crippen LogP contribution in [0.15, 0.2) is 36.4 Å². The van der Waals surface area contributed by atoms with Gasteiger partial charge in [0.2, 0.25) is 0 Å². The number of hydrogen-bond acceptors (Lipinski definition) is 2. The maximum atomic E-state index is 12.4. The number of rotatable bonds is 6. The number of benzene rings is 2. The van der Waals surface area contributed by atoms with E-state index in [1.165, 1.54) is 0 Å². The summed E-state index contributed by atoms with van der Waals surface area (Å²) >= 11 is 12.0. The molecule has 0 aliphatic rings. The summed E-state index contributed by atoms with van der Waals surface area (Å²) in [6, 6.07) is 11.0. The van der Waals surface area contributed by atoms with Crippen molar-refractivity contribution in [3.8, 4) is 5.75 Å². The molecule has 3 nitrogen and oxygen atoms in total. The fourth-order valence-electron chi connectivity index (χ4n) is 2.60. The molecule has 0 saturated heterocycles. The predicted octanol–water partition coefficient (Wildman–Crippen LogP) is 6.26. The Labute approximate surface area is 159 Å². The van der Waals surface area contributed by atoms with Crippen LogP contribution in [0.3, 0.4) is 0 Å². The van der Waals surface area contributed by atoms with Gasteiger partial charge in [0.05, 0.1) is 5.02 Å². The van der Waals surface area contributed by atoms with Gasteiger partial charge in [-0.3, -0.25) is 4.79 Å². The van der Waals surface area contributed by atoms with Gasteiger partial charge in [-0.15, -0.1) is 0 Å². The molecule has 2 aromatic rings. The lowest BCUT2D eigenvalue weighted by Crippen LogP contribution is -2.22. The summed E-state index contributed by atoms with van der Waals surface area (Å²) in [6.45, 7) is 8.30. The average molecular weight is 380 g/mol. The first-order valence-electron chi connectivity index (χ1n) is 8.30. The molecule has 0 bridgehead atoms. The molecule has 0 heterocycles. The van der Waals surface area contributed by atoms with Crippen LogP contribution in [0.5, 0.6) is 5.75 Å². The van der Waals surface area contributed by atoms with Crippen molar-refractivity contribution in [2.24, 2.45) is 0 Å². The third kappa shape index (κ3) is 5.13. The van der Waals surface area contributed by atoms with Crippen LogP contribution >= 0.6 is 23.2 Å². The fourth-order valence-corrected chi connectivity index (χ4v) is 2.94. The molecule has 0 saturated carbocycles. The van der Waals surface area contributed by atoms with Crippen LogP contribution in [0.1, 0.15) is 50.7 Å². The molecule has 1 N–H and O–H groups in total. The Morgan fingerprint density at radius 2 is 1.64 bits per heavy atom. The number of nitrogens with one attached hydrogen (secondary N) is 1. The third-order valence-corrected chi connectivity index (χ3v) is 4.44. The van der Waals surface area contributed by atoms with E-state index in [9.17, 15) is 4.79 Å². The molecule has 0 atom stereocenters. The van der Waals surface area contributed by atoms with Crippen molar-refractivity contribution in [2.75, 3.05) is 11.9 Å². The highest BCUT2D eigenvalue weighted by molar-refractivity contribution is 6.34. The lowest BCUT2D eigenvalue weighted by atomic mass is 9.92. The van der Waals surface area contributed by atoms with Gasteiger partial charge in [0, 0.05) is 16.8 Å². The van der Waals surface area contributed by atoms with Gasteiger partial charge in [-0.05, 0) is 35.1 Å². The van der Waals surface area contributed by atoms with E-state index in [4.69, 9.17) is 27.9 Å². The number of amides is 1. The molecule has 0 aliphatic heterocycles. The highest BCUT2D eigenvalue weighted by Gasteiger charge is 2.16. The second-order valence-corrected chi connectivity index (χ2v) is 7.38. The van der Waals surface area contributed by atoms with Gasteiger partial charge in [0.1, 0.15) is 5.75 Å². The minimum Gasteiger partial charge on any atom is -0.482 e. The Kier molecular flexibility index (Phi) is 6.74. The summed E-state index contributed by atoms with van der Waals surface area (Å²) < 4.78 is 5.52. The molecule has 0 aromatic heterocycles. The highest BCUT2D eigenvalue weighted by atomic mass is 35.5. The molecule has 5 heteroatoms. The summed E-state index contributed by atoms with van der Waals surface area (Å²) in [5.41, 5.74) is 3.10. The van der Waals surface area contributed by atoms with Crippen molar-refractivity contribution in [3.63, 3.8) is 0 Å². The fraction of sp³-hybridized carbons (Fsp3) is 0.350. The van der Waals surface area contributed by atoms with Crippen molar-refractivity contribution >= 4 is 34.8 Å². The average Bonchev–Trinajstić information content (AvgIpc) is 2.55. The molecule has 1 amide bonds. The SMILES string of the molecule is CC(C)c1cccc(C(C)C)c1NC(=O)COc1cc(Cl)ccc1Cl.